The molecule has 1 fully saturated rings. The summed E-state index contributed by atoms with van der Waals surface area (Å²) in [6, 6.07) is 7.63. The Hall–Kier alpha value is -1.77. The SMILES string of the molecule is CCCCCCCC1CCC(COc2ccc(C=CC(=O)O)cc2)CC1. The molecule has 0 heterocycles. The van der Waals surface area contributed by atoms with Crippen LogP contribution in [0.1, 0.15) is 76.7 Å². The predicted octanol–water partition coefficient (Wildman–Crippen LogP) is 6.33. The molecule has 2 rings (SSSR count). The van der Waals surface area contributed by atoms with Crippen LogP contribution in [0.4, 0.5) is 0 Å². The second-order valence-electron chi connectivity index (χ2n) is 7.64. The first-order valence-electron chi connectivity index (χ1n) is 10.3. The maximum atomic E-state index is 10.5. The molecule has 3 nitrogen and oxygen atoms in total. The fourth-order valence-electron chi connectivity index (χ4n) is 3.78. The van der Waals surface area contributed by atoms with E-state index in [9.17, 15) is 4.79 Å². The molecule has 1 aromatic carbocycles. The van der Waals surface area contributed by atoms with E-state index in [1.165, 1.54) is 64.2 Å². The number of benzene rings is 1. The number of aliphatic carboxylic acids is 1. The molecule has 0 radical (unpaired) electrons. The van der Waals surface area contributed by atoms with Gasteiger partial charge in [0.25, 0.3) is 0 Å². The van der Waals surface area contributed by atoms with Crippen molar-refractivity contribution in [1.82, 2.24) is 0 Å². The Morgan fingerprint density at radius 1 is 1.04 bits per heavy atom. The number of rotatable bonds is 11. The quantitative estimate of drug-likeness (QED) is 0.371. The van der Waals surface area contributed by atoms with E-state index in [1.54, 1.807) is 6.08 Å². The Labute approximate surface area is 158 Å². The van der Waals surface area contributed by atoms with Gasteiger partial charge in [0.2, 0.25) is 0 Å². The maximum Gasteiger partial charge on any atom is 0.328 e. The molecule has 3 heteroatoms. The highest BCUT2D eigenvalue weighted by Gasteiger charge is 2.21. The van der Waals surface area contributed by atoms with Gasteiger partial charge in [-0.25, -0.2) is 4.79 Å². The average molecular weight is 359 g/mol. The second-order valence-corrected chi connectivity index (χ2v) is 7.64. The summed E-state index contributed by atoms with van der Waals surface area (Å²) in [5.74, 6) is 1.56. The van der Waals surface area contributed by atoms with Crippen molar-refractivity contribution >= 4 is 12.0 Å². The number of hydrogen-bond donors (Lipinski definition) is 1. The van der Waals surface area contributed by atoms with E-state index in [1.807, 2.05) is 24.3 Å². The van der Waals surface area contributed by atoms with Crippen LogP contribution in [0.5, 0.6) is 5.75 Å². The Kier molecular flexibility index (Phi) is 9.30. The lowest BCUT2D eigenvalue weighted by atomic mass is 9.80. The molecular formula is C23H34O3. The number of carboxylic acids is 1. The zero-order chi connectivity index (χ0) is 18.6. The summed E-state index contributed by atoms with van der Waals surface area (Å²) >= 11 is 0. The first-order valence-corrected chi connectivity index (χ1v) is 10.3. The molecule has 0 bridgehead atoms. The molecular weight excluding hydrogens is 324 g/mol. The van der Waals surface area contributed by atoms with Crippen LogP contribution in [0.3, 0.4) is 0 Å². The van der Waals surface area contributed by atoms with Crippen molar-refractivity contribution in [3.8, 4) is 5.75 Å². The lowest BCUT2D eigenvalue weighted by Crippen LogP contribution is -2.20. The molecule has 1 saturated carbocycles. The van der Waals surface area contributed by atoms with Gasteiger partial charge in [0.1, 0.15) is 5.75 Å². The van der Waals surface area contributed by atoms with Gasteiger partial charge in [-0.3, -0.25) is 0 Å². The van der Waals surface area contributed by atoms with Gasteiger partial charge in [0.15, 0.2) is 0 Å². The first kappa shape index (κ1) is 20.5. The van der Waals surface area contributed by atoms with Crippen LogP contribution in [0.15, 0.2) is 30.3 Å². The molecule has 0 unspecified atom stereocenters. The maximum absolute atomic E-state index is 10.5. The average Bonchev–Trinajstić information content (AvgIpc) is 2.66. The van der Waals surface area contributed by atoms with Gasteiger partial charge in [-0.05, 0) is 48.4 Å². The lowest BCUT2D eigenvalue weighted by molar-refractivity contribution is -0.131. The Balaban J connectivity index is 1.61. The summed E-state index contributed by atoms with van der Waals surface area (Å²) in [4.78, 5) is 10.5. The van der Waals surface area contributed by atoms with Crippen molar-refractivity contribution < 1.29 is 14.6 Å². The molecule has 144 valence electrons. The molecule has 0 saturated heterocycles. The van der Waals surface area contributed by atoms with E-state index in [0.717, 1.165) is 29.9 Å². The summed E-state index contributed by atoms with van der Waals surface area (Å²) in [5.41, 5.74) is 0.874. The van der Waals surface area contributed by atoms with Crippen molar-refractivity contribution in [2.75, 3.05) is 6.61 Å². The third kappa shape index (κ3) is 8.07. The van der Waals surface area contributed by atoms with Gasteiger partial charge in [-0.15, -0.1) is 0 Å². The van der Waals surface area contributed by atoms with Gasteiger partial charge in [0, 0.05) is 6.08 Å². The zero-order valence-corrected chi connectivity index (χ0v) is 16.2. The van der Waals surface area contributed by atoms with Gasteiger partial charge in [-0.1, -0.05) is 70.4 Å². The van der Waals surface area contributed by atoms with Crippen LogP contribution in [-0.4, -0.2) is 17.7 Å². The van der Waals surface area contributed by atoms with Crippen molar-refractivity contribution in [1.29, 1.82) is 0 Å². The van der Waals surface area contributed by atoms with Gasteiger partial charge >= 0.3 is 5.97 Å². The highest BCUT2D eigenvalue weighted by atomic mass is 16.5. The Morgan fingerprint density at radius 2 is 1.69 bits per heavy atom. The van der Waals surface area contributed by atoms with E-state index in [-0.39, 0.29) is 0 Å². The molecule has 26 heavy (non-hydrogen) atoms. The van der Waals surface area contributed by atoms with E-state index >= 15 is 0 Å². The summed E-state index contributed by atoms with van der Waals surface area (Å²) < 4.78 is 5.95. The third-order valence-electron chi connectivity index (χ3n) is 5.47. The minimum Gasteiger partial charge on any atom is -0.493 e. The minimum absolute atomic E-state index is 0.679. The molecule has 1 aromatic rings. The third-order valence-corrected chi connectivity index (χ3v) is 5.47. The monoisotopic (exact) mass is 358 g/mol. The number of hydrogen-bond acceptors (Lipinski definition) is 2. The Bertz CT molecular complexity index is 539. The summed E-state index contributed by atoms with van der Waals surface area (Å²) in [5, 5.41) is 8.65. The smallest absolute Gasteiger partial charge is 0.328 e. The van der Waals surface area contributed by atoms with Crippen molar-refractivity contribution in [2.45, 2.75) is 71.1 Å². The van der Waals surface area contributed by atoms with Crippen molar-refractivity contribution in [3.05, 3.63) is 35.9 Å². The van der Waals surface area contributed by atoms with Gasteiger partial charge in [-0.2, -0.15) is 0 Å². The van der Waals surface area contributed by atoms with Crippen LogP contribution >= 0.6 is 0 Å². The highest BCUT2D eigenvalue weighted by Crippen LogP contribution is 2.32. The largest absolute Gasteiger partial charge is 0.493 e. The molecule has 1 N–H and O–H groups in total. The molecule has 0 aliphatic heterocycles. The zero-order valence-electron chi connectivity index (χ0n) is 16.2. The predicted molar refractivity (Wildman–Crippen MR) is 107 cm³/mol. The topological polar surface area (TPSA) is 46.5 Å². The number of carbonyl (C=O) groups is 1. The van der Waals surface area contributed by atoms with Crippen LogP contribution in [-0.2, 0) is 4.79 Å². The molecule has 0 spiro atoms. The van der Waals surface area contributed by atoms with Crippen LogP contribution < -0.4 is 4.74 Å². The molecule has 0 aromatic heterocycles. The van der Waals surface area contributed by atoms with E-state index in [2.05, 4.69) is 6.92 Å². The number of carboxylic acid groups (broad SMARTS) is 1. The number of ether oxygens (including phenoxy) is 1. The molecule has 1 aliphatic rings. The molecule has 0 amide bonds. The van der Waals surface area contributed by atoms with Gasteiger partial charge in [0.05, 0.1) is 6.61 Å². The van der Waals surface area contributed by atoms with Crippen LogP contribution in [0, 0.1) is 11.8 Å². The van der Waals surface area contributed by atoms with E-state index in [0.29, 0.717) is 5.92 Å². The molecule has 0 atom stereocenters. The van der Waals surface area contributed by atoms with Crippen molar-refractivity contribution in [2.24, 2.45) is 11.8 Å². The normalized spacial score (nSPS) is 20.3. The highest BCUT2D eigenvalue weighted by molar-refractivity contribution is 5.85. The summed E-state index contributed by atoms with van der Waals surface area (Å²) in [6.45, 7) is 3.07. The van der Waals surface area contributed by atoms with Gasteiger partial charge < -0.3 is 9.84 Å². The number of unbranched alkanes of at least 4 members (excludes halogenated alkanes) is 4. The van der Waals surface area contributed by atoms with Crippen LogP contribution in [0.2, 0.25) is 0 Å². The Morgan fingerprint density at radius 3 is 2.35 bits per heavy atom. The second kappa shape index (κ2) is 11.8. The molecule has 1 aliphatic carbocycles. The first-order chi connectivity index (χ1) is 12.7. The standard InChI is InChI=1S/C23H34O3/c1-2-3-4-5-6-7-19-8-10-21(11-9-19)18-26-22-15-12-20(13-16-22)14-17-23(24)25/h12-17,19,21H,2-11,18H2,1H3,(H,24,25). The summed E-state index contributed by atoms with van der Waals surface area (Å²) in [7, 11) is 0. The van der Waals surface area contributed by atoms with Crippen LogP contribution in [0.25, 0.3) is 6.08 Å². The fourth-order valence-corrected chi connectivity index (χ4v) is 3.78. The summed E-state index contributed by atoms with van der Waals surface area (Å²) in [6.07, 6.45) is 16.4. The van der Waals surface area contributed by atoms with E-state index < -0.39 is 5.97 Å². The minimum atomic E-state index is -0.929. The fraction of sp³-hybridized carbons (Fsp3) is 0.609. The lowest BCUT2D eigenvalue weighted by Gasteiger charge is -2.28. The van der Waals surface area contributed by atoms with E-state index in [4.69, 9.17) is 9.84 Å². The van der Waals surface area contributed by atoms with Crippen molar-refractivity contribution in [3.63, 3.8) is 0 Å².